The molecule has 0 unspecified atom stereocenters. The second kappa shape index (κ2) is 4.04. The average molecular weight is 212 g/mol. The number of nitrogens with zero attached hydrogens (tertiary/aromatic N) is 2. The number of ether oxygens (including phenoxy) is 1. The van der Waals surface area contributed by atoms with Crippen LogP contribution in [0.3, 0.4) is 0 Å². The molecular formula is C8H13BN2O4. The van der Waals surface area contributed by atoms with E-state index < -0.39 is 18.8 Å². The maximum absolute atomic E-state index is 11.4. The van der Waals surface area contributed by atoms with Crippen LogP contribution in [-0.4, -0.2) is 38.6 Å². The van der Waals surface area contributed by atoms with E-state index in [2.05, 4.69) is 5.10 Å². The van der Waals surface area contributed by atoms with Crippen molar-refractivity contribution >= 4 is 18.8 Å². The first-order valence-electron chi connectivity index (χ1n) is 4.44. The van der Waals surface area contributed by atoms with Gasteiger partial charge in [0.25, 0.3) is 0 Å². The average Bonchev–Trinajstić information content (AvgIpc) is 2.47. The molecule has 82 valence electrons. The molecule has 0 aliphatic carbocycles. The Balaban J connectivity index is 2.75. The maximum atomic E-state index is 11.4. The summed E-state index contributed by atoms with van der Waals surface area (Å²) in [6, 6.07) is 1.33. The number of carbonyl (C=O) groups is 1. The van der Waals surface area contributed by atoms with Crippen LogP contribution in [0.2, 0.25) is 0 Å². The van der Waals surface area contributed by atoms with Gasteiger partial charge in [-0.2, -0.15) is 9.78 Å². The van der Waals surface area contributed by atoms with Gasteiger partial charge in [0.15, 0.2) is 0 Å². The number of rotatable bonds is 1. The van der Waals surface area contributed by atoms with Gasteiger partial charge in [0, 0.05) is 6.20 Å². The van der Waals surface area contributed by atoms with Crippen molar-refractivity contribution in [1.29, 1.82) is 0 Å². The van der Waals surface area contributed by atoms with E-state index in [1.54, 1.807) is 20.8 Å². The van der Waals surface area contributed by atoms with Gasteiger partial charge in [0.2, 0.25) is 0 Å². The van der Waals surface area contributed by atoms with Crippen molar-refractivity contribution in [2.45, 2.75) is 26.4 Å². The minimum atomic E-state index is -1.69. The molecule has 2 N–H and O–H groups in total. The van der Waals surface area contributed by atoms with Crippen molar-refractivity contribution in [3.8, 4) is 0 Å². The fourth-order valence-corrected chi connectivity index (χ4v) is 0.886. The molecule has 0 saturated carbocycles. The molecule has 0 fully saturated rings. The van der Waals surface area contributed by atoms with E-state index in [-0.39, 0.29) is 5.59 Å². The minimum Gasteiger partial charge on any atom is -0.442 e. The lowest BCUT2D eigenvalue weighted by molar-refractivity contribution is 0.0515. The van der Waals surface area contributed by atoms with Gasteiger partial charge in [-0.15, -0.1) is 0 Å². The summed E-state index contributed by atoms with van der Waals surface area (Å²) >= 11 is 0. The summed E-state index contributed by atoms with van der Waals surface area (Å²) in [5, 5.41) is 21.2. The predicted octanol–water partition coefficient (Wildman–Crippen LogP) is -0.654. The predicted molar refractivity (Wildman–Crippen MR) is 53.7 cm³/mol. The fraction of sp³-hybridized carbons (Fsp3) is 0.500. The smallest absolute Gasteiger partial charge is 0.442 e. The third kappa shape index (κ3) is 3.37. The second-order valence-electron chi connectivity index (χ2n) is 4.04. The molecule has 0 amide bonds. The quantitative estimate of drug-likeness (QED) is 0.604. The Morgan fingerprint density at radius 1 is 1.53 bits per heavy atom. The molecule has 1 aromatic rings. The van der Waals surface area contributed by atoms with Crippen molar-refractivity contribution < 1.29 is 19.6 Å². The van der Waals surface area contributed by atoms with Gasteiger partial charge < -0.3 is 14.8 Å². The van der Waals surface area contributed by atoms with Gasteiger partial charge in [-0.05, 0) is 26.8 Å². The van der Waals surface area contributed by atoms with Crippen molar-refractivity contribution in [1.82, 2.24) is 9.78 Å². The van der Waals surface area contributed by atoms with Crippen LogP contribution in [0.25, 0.3) is 0 Å². The van der Waals surface area contributed by atoms with Gasteiger partial charge in [0.1, 0.15) is 5.60 Å². The summed E-state index contributed by atoms with van der Waals surface area (Å²) in [6.45, 7) is 5.20. The van der Waals surface area contributed by atoms with Crippen LogP contribution in [0.1, 0.15) is 20.8 Å². The standard InChI is InChI=1S/C8H13BN2O4/c1-8(2,3)15-7(12)11-5-4-6(10-11)9(13)14/h4-5,13-14H,1-3H3. The molecule has 0 saturated heterocycles. The molecule has 0 aliphatic heterocycles. The number of carbonyl (C=O) groups excluding carboxylic acids is 1. The molecule has 0 atom stereocenters. The molecule has 0 aliphatic rings. The van der Waals surface area contributed by atoms with Gasteiger partial charge in [-0.25, -0.2) is 4.79 Å². The largest absolute Gasteiger partial charge is 0.510 e. The lowest BCUT2D eigenvalue weighted by Crippen LogP contribution is -2.33. The third-order valence-corrected chi connectivity index (χ3v) is 1.45. The normalized spacial score (nSPS) is 11.3. The summed E-state index contributed by atoms with van der Waals surface area (Å²) in [7, 11) is -1.69. The third-order valence-electron chi connectivity index (χ3n) is 1.45. The van der Waals surface area contributed by atoms with Gasteiger partial charge in [0.05, 0.1) is 5.59 Å². The Hall–Kier alpha value is -1.34. The first-order chi connectivity index (χ1) is 6.79. The number of hydrogen-bond acceptors (Lipinski definition) is 5. The zero-order valence-electron chi connectivity index (χ0n) is 8.84. The maximum Gasteiger partial charge on any atom is 0.510 e. The highest BCUT2D eigenvalue weighted by molar-refractivity contribution is 6.57. The Morgan fingerprint density at radius 2 is 2.13 bits per heavy atom. The van der Waals surface area contributed by atoms with E-state index in [4.69, 9.17) is 14.8 Å². The van der Waals surface area contributed by atoms with Gasteiger partial charge in [-0.3, -0.25) is 0 Å². The molecule has 7 heteroatoms. The molecule has 0 radical (unpaired) electrons. The van der Waals surface area contributed by atoms with Crippen LogP contribution in [0.15, 0.2) is 12.3 Å². The van der Waals surface area contributed by atoms with Crippen LogP contribution < -0.4 is 5.59 Å². The SMILES string of the molecule is CC(C)(C)OC(=O)n1ccc(B(O)O)n1. The summed E-state index contributed by atoms with van der Waals surface area (Å²) in [5.74, 6) is 0. The number of aromatic nitrogens is 2. The molecule has 1 aromatic heterocycles. The van der Waals surface area contributed by atoms with E-state index in [1.165, 1.54) is 12.3 Å². The van der Waals surface area contributed by atoms with E-state index >= 15 is 0 Å². The first kappa shape index (κ1) is 11.7. The molecular weight excluding hydrogens is 199 g/mol. The Kier molecular flexibility index (Phi) is 3.16. The van der Waals surface area contributed by atoms with Crippen molar-refractivity contribution in [3.05, 3.63) is 12.3 Å². The highest BCUT2D eigenvalue weighted by Crippen LogP contribution is 2.07. The highest BCUT2D eigenvalue weighted by atomic mass is 16.6. The van der Waals surface area contributed by atoms with Crippen LogP contribution in [-0.2, 0) is 4.74 Å². The van der Waals surface area contributed by atoms with Crippen LogP contribution in [0.5, 0.6) is 0 Å². The molecule has 6 nitrogen and oxygen atoms in total. The van der Waals surface area contributed by atoms with Crippen LogP contribution in [0, 0.1) is 0 Å². The summed E-state index contributed by atoms with van der Waals surface area (Å²) in [6.07, 6.45) is 0.650. The second-order valence-corrected chi connectivity index (χ2v) is 4.04. The first-order valence-corrected chi connectivity index (χ1v) is 4.44. The minimum absolute atomic E-state index is 0.000796. The fourth-order valence-electron chi connectivity index (χ4n) is 0.886. The van der Waals surface area contributed by atoms with E-state index in [1.807, 2.05) is 0 Å². The summed E-state index contributed by atoms with van der Waals surface area (Å²) in [4.78, 5) is 11.4. The Morgan fingerprint density at radius 3 is 2.53 bits per heavy atom. The summed E-state index contributed by atoms with van der Waals surface area (Å²) < 4.78 is 5.93. The molecule has 0 spiro atoms. The van der Waals surface area contributed by atoms with E-state index in [0.29, 0.717) is 0 Å². The van der Waals surface area contributed by atoms with Crippen molar-refractivity contribution in [2.75, 3.05) is 0 Å². The topological polar surface area (TPSA) is 84.6 Å². The van der Waals surface area contributed by atoms with Gasteiger partial charge >= 0.3 is 13.2 Å². The Bertz CT molecular complexity index is 356. The molecule has 0 aromatic carbocycles. The van der Waals surface area contributed by atoms with Crippen molar-refractivity contribution in [2.24, 2.45) is 0 Å². The van der Waals surface area contributed by atoms with Gasteiger partial charge in [-0.1, -0.05) is 0 Å². The molecule has 15 heavy (non-hydrogen) atoms. The zero-order chi connectivity index (χ0) is 11.6. The Labute approximate surface area is 87.6 Å². The lowest BCUT2D eigenvalue weighted by Gasteiger charge is -2.18. The van der Waals surface area contributed by atoms with Crippen molar-refractivity contribution in [3.63, 3.8) is 0 Å². The highest BCUT2D eigenvalue weighted by Gasteiger charge is 2.21. The van der Waals surface area contributed by atoms with Crippen LogP contribution >= 0.6 is 0 Å². The summed E-state index contributed by atoms with van der Waals surface area (Å²) in [5.41, 5.74) is -0.609. The van der Waals surface area contributed by atoms with E-state index in [0.717, 1.165) is 4.68 Å². The monoisotopic (exact) mass is 212 g/mol. The molecule has 0 bridgehead atoms. The molecule has 1 heterocycles. The van der Waals surface area contributed by atoms with Crippen LogP contribution in [0.4, 0.5) is 4.79 Å². The lowest BCUT2D eigenvalue weighted by atomic mass is 9.87. The number of hydrogen-bond donors (Lipinski definition) is 2. The van der Waals surface area contributed by atoms with E-state index in [9.17, 15) is 4.79 Å². The zero-order valence-corrected chi connectivity index (χ0v) is 8.84. The molecule has 1 rings (SSSR count).